The number of ether oxygens (including phenoxy) is 1. The van der Waals surface area contributed by atoms with E-state index >= 15 is 0 Å². The predicted molar refractivity (Wildman–Crippen MR) is 105 cm³/mol. The molecule has 0 aliphatic carbocycles. The van der Waals surface area contributed by atoms with E-state index in [9.17, 15) is 14.4 Å². The highest BCUT2D eigenvalue weighted by Crippen LogP contribution is 2.25. The van der Waals surface area contributed by atoms with E-state index in [1.807, 2.05) is 0 Å². The number of ketones is 1. The maximum absolute atomic E-state index is 12.6. The van der Waals surface area contributed by atoms with E-state index in [4.69, 9.17) is 16.3 Å². The smallest absolute Gasteiger partial charge is 0.302 e. The molecule has 9 heteroatoms. The van der Waals surface area contributed by atoms with Crippen LogP contribution in [-0.2, 0) is 20.9 Å². The van der Waals surface area contributed by atoms with E-state index in [-0.39, 0.29) is 42.4 Å². The first-order valence-electron chi connectivity index (χ1n) is 8.61. The fourth-order valence-corrected chi connectivity index (χ4v) is 3.74. The first-order chi connectivity index (χ1) is 12.8. The predicted octanol–water partition coefficient (Wildman–Crippen LogP) is 2.46. The maximum Gasteiger partial charge on any atom is 0.302 e. The number of fused-ring (bicyclic) bond motifs is 1. The third kappa shape index (κ3) is 4.75. The van der Waals surface area contributed by atoms with E-state index in [2.05, 4.69) is 26.2 Å². The second-order valence-corrected chi connectivity index (χ2v) is 7.82. The van der Waals surface area contributed by atoms with E-state index in [1.165, 1.54) is 23.9 Å². The van der Waals surface area contributed by atoms with E-state index in [1.54, 1.807) is 6.07 Å². The number of nitrogens with one attached hydrogen (secondary N) is 1. The molecule has 3 rings (SSSR count). The van der Waals surface area contributed by atoms with Gasteiger partial charge in [0.15, 0.2) is 5.78 Å². The van der Waals surface area contributed by atoms with Gasteiger partial charge in [0.2, 0.25) is 0 Å². The number of esters is 1. The molecule has 1 aromatic carbocycles. The van der Waals surface area contributed by atoms with Gasteiger partial charge >= 0.3 is 5.97 Å². The Balaban J connectivity index is 1.75. The molecule has 2 atom stereocenters. The number of Topliss-reactive ketones (excluding diaryl/α,β-unsaturated/α-hetero) is 1. The van der Waals surface area contributed by atoms with Crippen molar-refractivity contribution in [2.24, 2.45) is 0 Å². The van der Waals surface area contributed by atoms with Crippen molar-refractivity contribution in [2.75, 3.05) is 6.54 Å². The number of aromatic nitrogens is 2. The fourth-order valence-electron chi connectivity index (χ4n) is 3.25. The Morgan fingerprint density at radius 2 is 2.22 bits per heavy atom. The molecule has 27 heavy (non-hydrogen) atoms. The Hall–Kier alpha value is -1.77. The second-order valence-electron chi connectivity index (χ2n) is 6.55. The molecular weight excluding hydrogens is 438 g/mol. The lowest BCUT2D eigenvalue weighted by Crippen LogP contribution is -2.48. The summed E-state index contributed by atoms with van der Waals surface area (Å²) in [7, 11) is 0. The molecule has 1 N–H and O–H groups in total. The van der Waals surface area contributed by atoms with Gasteiger partial charge in [-0.3, -0.25) is 19.0 Å². The summed E-state index contributed by atoms with van der Waals surface area (Å²) in [5.74, 6) is -0.503. The SMILES string of the molecule is CC(=O)O[C@H]1CCCN[C@@H]1CC(=O)Cn1cnc2cc(Br)c(Cl)cc2c1=O. The molecule has 1 saturated heterocycles. The number of halogens is 2. The van der Waals surface area contributed by atoms with Gasteiger partial charge in [0.25, 0.3) is 5.56 Å². The zero-order chi connectivity index (χ0) is 19.6. The number of hydrogen-bond acceptors (Lipinski definition) is 6. The third-order valence-electron chi connectivity index (χ3n) is 4.50. The van der Waals surface area contributed by atoms with Gasteiger partial charge in [-0.05, 0) is 47.4 Å². The number of rotatable bonds is 5. The van der Waals surface area contributed by atoms with E-state index < -0.39 is 0 Å². The van der Waals surface area contributed by atoms with Gasteiger partial charge in [0.05, 0.1) is 34.8 Å². The average Bonchev–Trinajstić information content (AvgIpc) is 2.61. The summed E-state index contributed by atoms with van der Waals surface area (Å²) >= 11 is 9.36. The van der Waals surface area contributed by atoms with Crippen LogP contribution in [0.3, 0.4) is 0 Å². The van der Waals surface area contributed by atoms with Gasteiger partial charge in [-0.1, -0.05) is 11.6 Å². The van der Waals surface area contributed by atoms with Gasteiger partial charge in [-0.15, -0.1) is 0 Å². The molecule has 1 aliphatic rings. The summed E-state index contributed by atoms with van der Waals surface area (Å²) in [6.07, 6.45) is 2.80. The largest absolute Gasteiger partial charge is 0.461 e. The molecule has 1 aromatic heterocycles. The van der Waals surface area contributed by atoms with Crippen LogP contribution >= 0.6 is 27.5 Å². The summed E-state index contributed by atoms with van der Waals surface area (Å²) in [4.78, 5) is 40.6. The molecule has 0 spiro atoms. The fraction of sp³-hybridized carbons (Fsp3) is 0.444. The van der Waals surface area contributed by atoms with Crippen molar-refractivity contribution >= 4 is 50.2 Å². The van der Waals surface area contributed by atoms with Crippen LogP contribution in [0.4, 0.5) is 0 Å². The minimum atomic E-state index is -0.362. The van der Waals surface area contributed by atoms with Crippen molar-refractivity contribution < 1.29 is 14.3 Å². The minimum absolute atomic E-state index is 0.0968. The molecule has 0 saturated carbocycles. The standard InChI is InChI=1S/C18H19BrClN3O4/c1-10(24)27-17-3-2-4-21-16(17)5-11(25)8-23-9-22-15-7-13(19)14(20)6-12(15)18(23)26/h6-7,9,16-17,21H,2-5,8H2,1H3/t16-,17+/m1/s1. The van der Waals surface area contributed by atoms with Crippen LogP contribution in [0.15, 0.2) is 27.7 Å². The van der Waals surface area contributed by atoms with Crippen LogP contribution in [0.25, 0.3) is 10.9 Å². The first kappa shape index (κ1) is 20.0. The quantitative estimate of drug-likeness (QED) is 0.695. The summed E-state index contributed by atoms with van der Waals surface area (Å²) < 4.78 is 7.23. The lowest BCUT2D eigenvalue weighted by molar-refractivity contribution is -0.150. The monoisotopic (exact) mass is 455 g/mol. The lowest BCUT2D eigenvalue weighted by atomic mass is 9.96. The zero-order valence-corrected chi connectivity index (χ0v) is 17.0. The van der Waals surface area contributed by atoms with Crippen molar-refractivity contribution in [1.29, 1.82) is 0 Å². The van der Waals surface area contributed by atoms with E-state index in [0.29, 0.717) is 20.4 Å². The summed E-state index contributed by atoms with van der Waals surface area (Å²) in [6, 6.07) is 2.96. The molecule has 0 unspecified atom stereocenters. The van der Waals surface area contributed by atoms with Crippen LogP contribution in [0.5, 0.6) is 0 Å². The van der Waals surface area contributed by atoms with Crippen molar-refractivity contribution in [3.8, 4) is 0 Å². The number of benzene rings is 1. The van der Waals surface area contributed by atoms with Crippen LogP contribution in [0.1, 0.15) is 26.2 Å². The maximum atomic E-state index is 12.6. The Kier molecular flexibility index (Phi) is 6.29. The molecule has 1 aliphatic heterocycles. The van der Waals surface area contributed by atoms with Crippen LogP contribution in [0, 0.1) is 0 Å². The third-order valence-corrected chi connectivity index (χ3v) is 5.70. The van der Waals surface area contributed by atoms with Crippen molar-refractivity contribution in [3.63, 3.8) is 0 Å². The van der Waals surface area contributed by atoms with Crippen molar-refractivity contribution in [1.82, 2.24) is 14.9 Å². The van der Waals surface area contributed by atoms with Crippen LogP contribution in [-0.4, -0.2) is 40.0 Å². The molecule has 1 fully saturated rings. The van der Waals surface area contributed by atoms with Crippen LogP contribution < -0.4 is 10.9 Å². The van der Waals surface area contributed by atoms with Crippen LogP contribution in [0.2, 0.25) is 5.02 Å². The molecule has 2 heterocycles. The van der Waals surface area contributed by atoms with Gasteiger partial charge in [-0.25, -0.2) is 4.98 Å². The molecule has 2 aromatic rings. The topological polar surface area (TPSA) is 90.3 Å². The highest BCUT2D eigenvalue weighted by Gasteiger charge is 2.29. The Labute approximate surface area is 169 Å². The van der Waals surface area contributed by atoms with Crippen molar-refractivity contribution in [2.45, 2.75) is 44.9 Å². The highest BCUT2D eigenvalue weighted by atomic mass is 79.9. The average molecular weight is 457 g/mol. The number of piperidine rings is 1. The van der Waals surface area contributed by atoms with Crippen molar-refractivity contribution in [3.05, 3.63) is 38.3 Å². The normalized spacial score (nSPS) is 19.8. The summed E-state index contributed by atoms with van der Waals surface area (Å²) in [6.45, 7) is 2.03. The molecule has 7 nitrogen and oxygen atoms in total. The Bertz CT molecular complexity index is 946. The molecule has 0 radical (unpaired) electrons. The Morgan fingerprint density at radius 3 is 2.96 bits per heavy atom. The summed E-state index contributed by atoms with van der Waals surface area (Å²) in [5.41, 5.74) is 0.180. The number of carbonyl (C=O) groups excluding carboxylic acids is 2. The first-order valence-corrected chi connectivity index (χ1v) is 9.78. The van der Waals surface area contributed by atoms with Gasteiger partial charge in [0, 0.05) is 17.8 Å². The number of nitrogens with zero attached hydrogens (tertiary/aromatic N) is 2. The minimum Gasteiger partial charge on any atom is -0.461 e. The molecular formula is C18H19BrClN3O4. The van der Waals surface area contributed by atoms with Gasteiger partial charge < -0.3 is 10.1 Å². The lowest BCUT2D eigenvalue weighted by Gasteiger charge is -2.31. The molecule has 0 bridgehead atoms. The van der Waals surface area contributed by atoms with Gasteiger partial charge in [-0.2, -0.15) is 0 Å². The zero-order valence-electron chi connectivity index (χ0n) is 14.7. The Morgan fingerprint density at radius 1 is 1.44 bits per heavy atom. The highest BCUT2D eigenvalue weighted by molar-refractivity contribution is 9.10. The van der Waals surface area contributed by atoms with Gasteiger partial charge in [0.1, 0.15) is 6.10 Å². The summed E-state index contributed by atoms with van der Waals surface area (Å²) in [5, 5.41) is 3.98. The number of hydrogen-bond donors (Lipinski definition) is 1. The number of carbonyl (C=O) groups is 2. The molecule has 144 valence electrons. The molecule has 0 amide bonds. The second kappa shape index (κ2) is 8.50. The van der Waals surface area contributed by atoms with E-state index in [0.717, 1.165) is 19.4 Å².